The third-order valence-electron chi connectivity index (χ3n) is 3.17. The van der Waals surface area contributed by atoms with E-state index in [4.69, 9.17) is 21.1 Å². The molecule has 0 amide bonds. The van der Waals surface area contributed by atoms with Crippen LogP contribution in [0.15, 0.2) is 34.8 Å². The summed E-state index contributed by atoms with van der Waals surface area (Å²) in [5, 5.41) is 0.642. The van der Waals surface area contributed by atoms with E-state index in [1.54, 1.807) is 19.1 Å². The molecule has 23 heavy (non-hydrogen) atoms. The van der Waals surface area contributed by atoms with E-state index >= 15 is 0 Å². The normalized spacial score (nSPS) is 10.5. The van der Waals surface area contributed by atoms with Crippen LogP contribution in [0.1, 0.15) is 24.5 Å². The summed E-state index contributed by atoms with van der Waals surface area (Å²) < 4.78 is 13.0. The van der Waals surface area contributed by atoms with Gasteiger partial charge < -0.3 is 9.47 Å². The van der Waals surface area contributed by atoms with E-state index in [0.717, 1.165) is 19.2 Å². The summed E-state index contributed by atoms with van der Waals surface area (Å²) in [5.41, 5.74) is 1.80. The van der Waals surface area contributed by atoms with Crippen LogP contribution in [0.25, 0.3) is 0 Å². The van der Waals surface area contributed by atoms with E-state index in [2.05, 4.69) is 38.5 Å². The minimum Gasteiger partial charge on any atom is -0.487 e. The van der Waals surface area contributed by atoms with Crippen molar-refractivity contribution in [3.63, 3.8) is 0 Å². The monoisotopic (exact) mass is 508 g/mol. The summed E-state index contributed by atoms with van der Waals surface area (Å²) in [5.74, 6) is 0.902. The first-order valence-electron chi connectivity index (χ1n) is 6.99. The lowest BCUT2D eigenvalue weighted by Crippen LogP contribution is -2.09. The lowest BCUT2D eigenvalue weighted by molar-refractivity contribution is -0.134. The van der Waals surface area contributed by atoms with Gasteiger partial charge in [0.05, 0.1) is 4.47 Å². The fraction of sp³-hybridized carbons (Fsp3) is 0.235. The highest BCUT2D eigenvalue weighted by Gasteiger charge is 2.13. The minimum absolute atomic E-state index is 0.271. The van der Waals surface area contributed by atoms with Crippen molar-refractivity contribution in [2.24, 2.45) is 0 Å². The molecule has 0 saturated heterocycles. The second kappa shape index (κ2) is 8.35. The standard InChI is InChI=1S/C17H15BrClIO3/c1-3-17(21)23-15-6-4-5-14(20)11(15)9-22-16-8-13(19)10(2)7-12(16)18/h4-8H,3,9H2,1-2H3. The number of rotatable bonds is 5. The largest absolute Gasteiger partial charge is 0.487 e. The second-order valence-electron chi connectivity index (χ2n) is 4.86. The number of ether oxygens (including phenoxy) is 2. The molecule has 0 aromatic heterocycles. The predicted molar refractivity (Wildman–Crippen MR) is 103 cm³/mol. The van der Waals surface area contributed by atoms with Crippen LogP contribution in [-0.4, -0.2) is 5.97 Å². The molecule has 0 aliphatic rings. The van der Waals surface area contributed by atoms with Crippen LogP contribution < -0.4 is 9.47 Å². The van der Waals surface area contributed by atoms with E-state index in [9.17, 15) is 4.79 Å². The third kappa shape index (κ3) is 4.84. The van der Waals surface area contributed by atoms with E-state index < -0.39 is 0 Å². The molecule has 0 radical (unpaired) electrons. The summed E-state index contributed by atoms with van der Waals surface area (Å²) in [6.45, 7) is 3.97. The zero-order valence-electron chi connectivity index (χ0n) is 12.7. The number of aryl methyl sites for hydroxylation is 1. The first-order chi connectivity index (χ1) is 10.9. The average Bonchev–Trinajstić information content (AvgIpc) is 2.51. The van der Waals surface area contributed by atoms with Gasteiger partial charge in [-0.2, -0.15) is 0 Å². The minimum atomic E-state index is -0.271. The number of esters is 1. The van der Waals surface area contributed by atoms with Gasteiger partial charge >= 0.3 is 5.97 Å². The van der Waals surface area contributed by atoms with Crippen molar-refractivity contribution in [3.8, 4) is 11.5 Å². The van der Waals surface area contributed by atoms with Crippen molar-refractivity contribution >= 4 is 56.1 Å². The third-order valence-corrected chi connectivity index (χ3v) is 5.21. The summed E-state index contributed by atoms with van der Waals surface area (Å²) in [6, 6.07) is 9.24. The number of carbonyl (C=O) groups is 1. The Hall–Kier alpha value is -0.790. The molecule has 0 saturated carbocycles. The van der Waals surface area contributed by atoms with Crippen LogP contribution in [0.4, 0.5) is 0 Å². The van der Waals surface area contributed by atoms with Gasteiger partial charge in [-0.1, -0.05) is 24.6 Å². The van der Waals surface area contributed by atoms with Gasteiger partial charge in [0.15, 0.2) is 0 Å². The molecule has 0 atom stereocenters. The molecule has 0 unspecified atom stereocenters. The molecule has 0 N–H and O–H groups in total. The van der Waals surface area contributed by atoms with Crippen LogP contribution in [0.3, 0.4) is 0 Å². The SMILES string of the molecule is CCC(=O)Oc1cccc(I)c1COc1cc(Cl)c(C)cc1Br. The van der Waals surface area contributed by atoms with Crippen LogP contribution in [0, 0.1) is 10.5 Å². The van der Waals surface area contributed by atoms with Gasteiger partial charge in [0, 0.05) is 26.6 Å². The molecule has 0 fully saturated rings. The summed E-state index contributed by atoms with van der Waals surface area (Å²) in [7, 11) is 0. The molecule has 2 aromatic rings. The highest BCUT2D eigenvalue weighted by molar-refractivity contribution is 14.1. The van der Waals surface area contributed by atoms with E-state index in [1.165, 1.54) is 0 Å². The van der Waals surface area contributed by atoms with Crippen LogP contribution in [-0.2, 0) is 11.4 Å². The van der Waals surface area contributed by atoms with Crippen molar-refractivity contribution in [1.82, 2.24) is 0 Å². The Morgan fingerprint density at radius 1 is 1.30 bits per heavy atom. The van der Waals surface area contributed by atoms with E-state index in [0.29, 0.717) is 22.9 Å². The maximum absolute atomic E-state index is 11.6. The van der Waals surface area contributed by atoms with Gasteiger partial charge in [-0.05, 0) is 69.2 Å². The zero-order valence-corrected chi connectivity index (χ0v) is 17.2. The summed E-state index contributed by atoms with van der Waals surface area (Å²) in [6.07, 6.45) is 0.324. The molecule has 0 bridgehead atoms. The summed E-state index contributed by atoms with van der Waals surface area (Å²) >= 11 is 11.8. The molecular formula is C17H15BrClIO3. The average molecular weight is 510 g/mol. The summed E-state index contributed by atoms with van der Waals surface area (Å²) in [4.78, 5) is 11.6. The molecule has 6 heteroatoms. The van der Waals surface area contributed by atoms with Gasteiger partial charge in [0.1, 0.15) is 18.1 Å². The first-order valence-corrected chi connectivity index (χ1v) is 9.23. The van der Waals surface area contributed by atoms with Crippen molar-refractivity contribution in [3.05, 3.63) is 54.5 Å². The van der Waals surface area contributed by atoms with E-state index in [1.807, 2.05) is 25.1 Å². The highest BCUT2D eigenvalue weighted by atomic mass is 127. The number of carbonyl (C=O) groups excluding carboxylic acids is 1. The number of hydrogen-bond acceptors (Lipinski definition) is 3. The molecule has 2 rings (SSSR count). The van der Waals surface area contributed by atoms with E-state index in [-0.39, 0.29) is 12.6 Å². The van der Waals surface area contributed by atoms with Gasteiger partial charge in [0.2, 0.25) is 0 Å². The van der Waals surface area contributed by atoms with Crippen molar-refractivity contribution in [2.45, 2.75) is 26.9 Å². The first kappa shape index (κ1) is 18.5. The quantitative estimate of drug-likeness (QED) is 0.286. The highest BCUT2D eigenvalue weighted by Crippen LogP contribution is 2.33. The fourth-order valence-electron chi connectivity index (χ4n) is 1.86. The Bertz CT molecular complexity index is 734. The van der Waals surface area contributed by atoms with Gasteiger partial charge in [-0.15, -0.1) is 0 Å². The van der Waals surface area contributed by atoms with Crippen LogP contribution in [0.5, 0.6) is 11.5 Å². The van der Waals surface area contributed by atoms with Gasteiger partial charge in [-0.3, -0.25) is 4.79 Å². The Balaban J connectivity index is 2.23. The molecule has 122 valence electrons. The lowest BCUT2D eigenvalue weighted by atomic mass is 10.2. The molecule has 0 aliphatic carbocycles. The Morgan fingerprint density at radius 2 is 2.04 bits per heavy atom. The Morgan fingerprint density at radius 3 is 2.74 bits per heavy atom. The molecule has 2 aromatic carbocycles. The maximum Gasteiger partial charge on any atom is 0.310 e. The van der Waals surface area contributed by atoms with Gasteiger partial charge in [-0.25, -0.2) is 0 Å². The van der Waals surface area contributed by atoms with Crippen molar-refractivity contribution in [2.75, 3.05) is 0 Å². The predicted octanol–water partition coefficient (Wildman–Crippen LogP) is 5.91. The maximum atomic E-state index is 11.6. The van der Waals surface area contributed by atoms with Crippen molar-refractivity contribution < 1.29 is 14.3 Å². The lowest BCUT2D eigenvalue weighted by Gasteiger charge is -2.14. The molecular weight excluding hydrogens is 494 g/mol. The van der Waals surface area contributed by atoms with Crippen LogP contribution >= 0.6 is 50.1 Å². The fourth-order valence-corrected chi connectivity index (χ4v) is 3.21. The molecule has 0 spiro atoms. The topological polar surface area (TPSA) is 35.5 Å². The molecule has 0 aliphatic heterocycles. The van der Waals surface area contributed by atoms with Crippen LogP contribution in [0.2, 0.25) is 5.02 Å². The molecule has 3 nitrogen and oxygen atoms in total. The Labute approximate surface area is 162 Å². The number of halogens is 3. The Kier molecular flexibility index (Phi) is 6.73. The number of benzene rings is 2. The second-order valence-corrected chi connectivity index (χ2v) is 7.29. The zero-order chi connectivity index (χ0) is 17.0. The smallest absolute Gasteiger partial charge is 0.310 e. The number of hydrogen-bond donors (Lipinski definition) is 0. The molecule has 0 heterocycles. The van der Waals surface area contributed by atoms with Gasteiger partial charge in [0.25, 0.3) is 0 Å². The van der Waals surface area contributed by atoms with Crippen molar-refractivity contribution in [1.29, 1.82) is 0 Å².